The van der Waals surface area contributed by atoms with Gasteiger partial charge in [0.2, 0.25) is 0 Å². The van der Waals surface area contributed by atoms with E-state index in [0.717, 1.165) is 12.8 Å². The molecule has 0 saturated heterocycles. The van der Waals surface area contributed by atoms with Gasteiger partial charge in [0.25, 0.3) is 0 Å². The van der Waals surface area contributed by atoms with Crippen LogP contribution in [0.1, 0.15) is 18.9 Å². The van der Waals surface area contributed by atoms with Crippen LogP contribution in [0, 0.1) is 0 Å². The van der Waals surface area contributed by atoms with Crippen LogP contribution in [0.15, 0.2) is 54.6 Å². The van der Waals surface area contributed by atoms with E-state index in [2.05, 4.69) is 54.6 Å². The number of benzene rings is 4. The van der Waals surface area contributed by atoms with E-state index in [-0.39, 0.29) is 6.10 Å². The fraction of sp³-hybridized carbons (Fsp3) is 0.200. The lowest BCUT2D eigenvalue weighted by Crippen LogP contribution is -2.08. The second-order valence-corrected chi connectivity index (χ2v) is 5.85. The van der Waals surface area contributed by atoms with Crippen LogP contribution in [0.3, 0.4) is 0 Å². The first-order chi connectivity index (χ1) is 10.3. The molecule has 4 aromatic rings. The predicted octanol–water partition coefficient (Wildman–Crippen LogP) is 4.90. The maximum atomic E-state index is 10.0. The van der Waals surface area contributed by atoms with Gasteiger partial charge >= 0.3 is 0 Å². The summed E-state index contributed by atoms with van der Waals surface area (Å²) in [5.41, 5.74) is 1.25. The first-order valence-electron chi connectivity index (χ1n) is 7.61. The average molecular weight is 274 g/mol. The molecular weight excluding hydrogens is 256 g/mol. The molecule has 0 radical (unpaired) electrons. The van der Waals surface area contributed by atoms with Crippen molar-refractivity contribution in [3.05, 3.63) is 60.2 Å². The topological polar surface area (TPSA) is 20.2 Å². The van der Waals surface area contributed by atoms with Gasteiger partial charge in [-0.25, -0.2) is 0 Å². The standard InChI is InChI=1S/C20H18O/c1-2-17(21)12-16-9-8-15-7-6-13-4-3-5-14-10-11-18(16)20(15)19(13)14/h3-11,17,21H,2,12H2,1H3. The third kappa shape index (κ3) is 1.89. The lowest BCUT2D eigenvalue weighted by Gasteiger charge is -2.15. The minimum atomic E-state index is -0.261. The van der Waals surface area contributed by atoms with Crippen molar-refractivity contribution in [1.29, 1.82) is 0 Å². The van der Waals surface area contributed by atoms with Gasteiger partial charge in [-0.1, -0.05) is 61.5 Å². The first kappa shape index (κ1) is 12.6. The Balaban J connectivity index is 2.10. The number of hydrogen-bond acceptors (Lipinski definition) is 1. The molecule has 1 unspecified atom stereocenters. The van der Waals surface area contributed by atoms with Gasteiger partial charge in [0.1, 0.15) is 0 Å². The second-order valence-electron chi connectivity index (χ2n) is 5.85. The lowest BCUT2D eigenvalue weighted by molar-refractivity contribution is 0.171. The Morgan fingerprint density at radius 2 is 1.43 bits per heavy atom. The molecule has 0 amide bonds. The first-order valence-corrected chi connectivity index (χ1v) is 7.61. The summed E-state index contributed by atoms with van der Waals surface area (Å²) in [6, 6.07) is 19.6. The van der Waals surface area contributed by atoms with Crippen LogP contribution in [-0.4, -0.2) is 11.2 Å². The molecule has 0 aliphatic carbocycles. The normalized spacial score (nSPS) is 13.4. The minimum absolute atomic E-state index is 0.261. The zero-order valence-electron chi connectivity index (χ0n) is 12.1. The number of aliphatic hydroxyl groups excluding tert-OH is 1. The SMILES string of the molecule is CCC(O)Cc1ccc2ccc3cccc4ccc1c2c34. The summed E-state index contributed by atoms with van der Waals surface area (Å²) >= 11 is 0. The summed E-state index contributed by atoms with van der Waals surface area (Å²) in [5.74, 6) is 0. The highest BCUT2D eigenvalue weighted by molar-refractivity contribution is 6.23. The van der Waals surface area contributed by atoms with Gasteiger partial charge in [-0.2, -0.15) is 0 Å². The summed E-state index contributed by atoms with van der Waals surface area (Å²) < 4.78 is 0. The van der Waals surface area contributed by atoms with Crippen molar-refractivity contribution < 1.29 is 5.11 Å². The van der Waals surface area contributed by atoms with Crippen molar-refractivity contribution in [3.63, 3.8) is 0 Å². The number of rotatable bonds is 3. The summed E-state index contributed by atoms with van der Waals surface area (Å²) in [7, 11) is 0. The minimum Gasteiger partial charge on any atom is -0.393 e. The Labute approximate surface area is 124 Å². The van der Waals surface area contributed by atoms with Crippen LogP contribution in [0.2, 0.25) is 0 Å². The van der Waals surface area contributed by atoms with Gasteiger partial charge in [0.05, 0.1) is 6.10 Å². The largest absolute Gasteiger partial charge is 0.393 e. The van der Waals surface area contributed by atoms with E-state index >= 15 is 0 Å². The number of aliphatic hydroxyl groups is 1. The van der Waals surface area contributed by atoms with E-state index in [1.54, 1.807) is 0 Å². The molecule has 1 nitrogen and oxygen atoms in total. The molecule has 1 atom stereocenters. The quantitative estimate of drug-likeness (QED) is 0.527. The fourth-order valence-electron chi connectivity index (χ4n) is 3.37. The molecule has 0 aromatic heterocycles. The third-order valence-electron chi connectivity index (χ3n) is 4.55. The van der Waals surface area contributed by atoms with Crippen LogP contribution < -0.4 is 0 Å². The maximum Gasteiger partial charge on any atom is 0.0578 e. The highest BCUT2D eigenvalue weighted by Crippen LogP contribution is 2.36. The van der Waals surface area contributed by atoms with Crippen molar-refractivity contribution in [1.82, 2.24) is 0 Å². The number of hydrogen-bond donors (Lipinski definition) is 1. The van der Waals surface area contributed by atoms with E-state index in [4.69, 9.17) is 0 Å². The highest BCUT2D eigenvalue weighted by atomic mass is 16.3. The van der Waals surface area contributed by atoms with Crippen LogP contribution in [0.5, 0.6) is 0 Å². The van der Waals surface area contributed by atoms with Crippen LogP contribution in [-0.2, 0) is 6.42 Å². The maximum absolute atomic E-state index is 10.0. The van der Waals surface area contributed by atoms with Gasteiger partial charge in [-0.3, -0.25) is 0 Å². The van der Waals surface area contributed by atoms with Crippen LogP contribution in [0.4, 0.5) is 0 Å². The van der Waals surface area contributed by atoms with Gasteiger partial charge in [-0.15, -0.1) is 0 Å². The average Bonchev–Trinajstić information content (AvgIpc) is 2.53. The van der Waals surface area contributed by atoms with E-state index in [9.17, 15) is 5.11 Å². The molecule has 1 N–H and O–H groups in total. The molecule has 0 saturated carbocycles. The van der Waals surface area contributed by atoms with E-state index in [0.29, 0.717) is 0 Å². The summed E-state index contributed by atoms with van der Waals surface area (Å²) in [6.45, 7) is 2.03. The zero-order chi connectivity index (χ0) is 14.4. The smallest absolute Gasteiger partial charge is 0.0578 e. The Morgan fingerprint density at radius 1 is 0.810 bits per heavy atom. The van der Waals surface area contributed by atoms with Gasteiger partial charge in [0, 0.05) is 0 Å². The predicted molar refractivity (Wildman–Crippen MR) is 90.1 cm³/mol. The second kappa shape index (κ2) is 4.71. The molecule has 0 aliphatic heterocycles. The molecule has 0 bridgehead atoms. The van der Waals surface area contributed by atoms with Crippen molar-refractivity contribution in [3.8, 4) is 0 Å². The summed E-state index contributed by atoms with van der Waals surface area (Å²) in [4.78, 5) is 0. The molecule has 0 fully saturated rings. The fourth-order valence-corrected chi connectivity index (χ4v) is 3.37. The summed E-state index contributed by atoms with van der Waals surface area (Å²) in [5, 5.41) is 17.8. The molecule has 4 rings (SSSR count). The Morgan fingerprint density at radius 3 is 2.14 bits per heavy atom. The van der Waals surface area contributed by atoms with Crippen LogP contribution >= 0.6 is 0 Å². The van der Waals surface area contributed by atoms with Crippen molar-refractivity contribution in [2.75, 3.05) is 0 Å². The molecule has 104 valence electrons. The van der Waals surface area contributed by atoms with Gasteiger partial charge in [-0.05, 0) is 50.7 Å². The monoisotopic (exact) mass is 274 g/mol. The van der Waals surface area contributed by atoms with Gasteiger partial charge in [0.15, 0.2) is 0 Å². The Hall–Kier alpha value is -2.12. The lowest BCUT2D eigenvalue weighted by atomic mass is 9.90. The summed E-state index contributed by atoms with van der Waals surface area (Å²) in [6.07, 6.45) is 1.26. The molecular formula is C20H18O. The van der Waals surface area contributed by atoms with Crippen LogP contribution in [0.25, 0.3) is 32.3 Å². The van der Waals surface area contributed by atoms with Gasteiger partial charge < -0.3 is 5.11 Å². The van der Waals surface area contributed by atoms with Crippen molar-refractivity contribution in [2.24, 2.45) is 0 Å². The third-order valence-corrected chi connectivity index (χ3v) is 4.55. The van der Waals surface area contributed by atoms with E-state index in [1.807, 2.05) is 6.92 Å². The molecule has 1 heteroatoms. The zero-order valence-corrected chi connectivity index (χ0v) is 12.1. The van der Waals surface area contributed by atoms with Crippen molar-refractivity contribution in [2.45, 2.75) is 25.9 Å². The van der Waals surface area contributed by atoms with Crippen molar-refractivity contribution >= 4 is 32.3 Å². The molecule has 0 heterocycles. The van der Waals surface area contributed by atoms with E-state index in [1.165, 1.54) is 37.9 Å². The van der Waals surface area contributed by atoms with E-state index < -0.39 is 0 Å². The Kier molecular flexibility index (Phi) is 2.83. The molecule has 0 aliphatic rings. The Bertz CT molecular complexity index is 907. The molecule has 21 heavy (non-hydrogen) atoms. The highest BCUT2D eigenvalue weighted by Gasteiger charge is 2.12. The molecule has 0 spiro atoms. The molecule has 4 aromatic carbocycles.